The Morgan fingerprint density at radius 3 is 2.61 bits per heavy atom. The van der Waals surface area contributed by atoms with Gasteiger partial charge in [-0.15, -0.1) is 21.5 Å². The fourth-order valence-electron chi connectivity index (χ4n) is 3.56. The Kier molecular flexibility index (Phi) is 5.11. The molecule has 0 aliphatic rings. The Morgan fingerprint density at radius 1 is 1.06 bits per heavy atom. The van der Waals surface area contributed by atoms with Crippen molar-refractivity contribution in [3.05, 3.63) is 75.5 Å². The predicted molar refractivity (Wildman–Crippen MR) is 127 cm³/mol. The smallest absolute Gasteiger partial charge is 0.262 e. The number of hydrogen-bond donors (Lipinski definition) is 0. The van der Waals surface area contributed by atoms with Gasteiger partial charge in [0.2, 0.25) is 5.78 Å². The van der Waals surface area contributed by atoms with Crippen LogP contribution in [0.4, 0.5) is 0 Å². The third kappa shape index (κ3) is 3.55. The standard InChI is InChI=1S/C23H21N5OS2/c1-14(2)15-8-10-16(11-9-15)20-24-17(12-30-20)13-31-23-26-25-22-27(3)21(29)18-6-4-5-7-19(18)28(22)23/h4-12,14H,13H2,1-3H3. The molecule has 5 rings (SSSR count). The third-order valence-electron chi connectivity index (χ3n) is 5.32. The molecule has 0 saturated heterocycles. The van der Waals surface area contributed by atoms with Gasteiger partial charge in [0.1, 0.15) is 5.01 Å². The number of para-hydroxylation sites is 1. The molecule has 0 aliphatic heterocycles. The summed E-state index contributed by atoms with van der Waals surface area (Å²) in [5.41, 5.74) is 4.22. The lowest BCUT2D eigenvalue weighted by atomic mass is 10.0. The molecule has 31 heavy (non-hydrogen) atoms. The van der Waals surface area contributed by atoms with Crippen LogP contribution in [-0.4, -0.2) is 24.1 Å². The molecule has 2 aromatic carbocycles. The van der Waals surface area contributed by atoms with Crippen LogP contribution in [0.15, 0.2) is 63.9 Å². The highest BCUT2D eigenvalue weighted by Crippen LogP contribution is 2.29. The largest absolute Gasteiger partial charge is 0.279 e. The molecule has 0 atom stereocenters. The molecular weight excluding hydrogens is 426 g/mol. The quantitative estimate of drug-likeness (QED) is 0.350. The number of benzene rings is 2. The number of nitrogens with zero attached hydrogens (tertiary/aromatic N) is 5. The summed E-state index contributed by atoms with van der Waals surface area (Å²) < 4.78 is 3.49. The third-order valence-corrected chi connectivity index (χ3v) is 7.22. The van der Waals surface area contributed by atoms with E-state index in [-0.39, 0.29) is 5.56 Å². The van der Waals surface area contributed by atoms with Gasteiger partial charge in [-0.05, 0) is 23.6 Å². The van der Waals surface area contributed by atoms with Crippen LogP contribution in [0.25, 0.3) is 27.3 Å². The second-order valence-electron chi connectivity index (χ2n) is 7.71. The average molecular weight is 448 g/mol. The van der Waals surface area contributed by atoms with Crippen molar-refractivity contribution in [2.75, 3.05) is 0 Å². The number of aryl methyl sites for hydroxylation is 1. The van der Waals surface area contributed by atoms with Gasteiger partial charge in [-0.3, -0.25) is 13.8 Å². The van der Waals surface area contributed by atoms with Gasteiger partial charge < -0.3 is 0 Å². The molecule has 0 fully saturated rings. The molecule has 0 bridgehead atoms. The van der Waals surface area contributed by atoms with Crippen LogP contribution in [0.1, 0.15) is 31.0 Å². The molecule has 0 saturated carbocycles. The second kappa shape index (κ2) is 7.94. The minimum Gasteiger partial charge on any atom is -0.279 e. The summed E-state index contributed by atoms with van der Waals surface area (Å²) in [4.78, 5) is 17.4. The van der Waals surface area contributed by atoms with E-state index in [1.807, 2.05) is 28.7 Å². The first-order valence-electron chi connectivity index (χ1n) is 10.0. The summed E-state index contributed by atoms with van der Waals surface area (Å²) in [6.07, 6.45) is 0. The zero-order chi connectivity index (χ0) is 21.5. The first kappa shape index (κ1) is 20.0. The van der Waals surface area contributed by atoms with Crippen LogP contribution < -0.4 is 5.56 Å². The summed E-state index contributed by atoms with van der Waals surface area (Å²) in [5.74, 6) is 1.74. The highest BCUT2D eigenvalue weighted by molar-refractivity contribution is 7.98. The van der Waals surface area contributed by atoms with Gasteiger partial charge in [0.15, 0.2) is 5.16 Å². The predicted octanol–water partition coefficient (Wildman–Crippen LogP) is 5.12. The van der Waals surface area contributed by atoms with Crippen molar-refractivity contribution in [3.8, 4) is 10.6 Å². The van der Waals surface area contributed by atoms with Crippen LogP contribution in [0.3, 0.4) is 0 Å². The summed E-state index contributed by atoms with van der Waals surface area (Å²) in [6.45, 7) is 4.39. The Balaban J connectivity index is 1.43. The van der Waals surface area contributed by atoms with Gasteiger partial charge in [-0.2, -0.15) is 0 Å². The second-order valence-corrected chi connectivity index (χ2v) is 9.51. The highest BCUT2D eigenvalue weighted by atomic mass is 32.2. The molecule has 5 aromatic rings. The maximum Gasteiger partial charge on any atom is 0.262 e. The van der Waals surface area contributed by atoms with Crippen LogP contribution in [-0.2, 0) is 12.8 Å². The first-order valence-corrected chi connectivity index (χ1v) is 11.9. The lowest BCUT2D eigenvalue weighted by molar-refractivity contribution is 0.853. The fraction of sp³-hybridized carbons (Fsp3) is 0.217. The van der Waals surface area contributed by atoms with Crippen molar-refractivity contribution in [2.24, 2.45) is 7.05 Å². The fourth-order valence-corrected chi connectivity index (χ4v) is 5.32. The van der Waals surface area contributed by atoms with E-state index in [4.69, 9.17) is 4.98 Å². The van der Waals surface area contributed by atoms with Gasteiger partial charge >= 0.3 is 0 Å². The minimum absolute atomic E-state index is 0.0697. The van der Waals surface area contributed by atoms with E-state index in [1.54, 1.807) is 34.7 Å². The minimum atomic E-state index is -0.0697. The van der Waals surface area contributed by atoms with E-state index in [2.05, 4.69) is 53.7 Å². The van der Waals surface area contributed by atoms with Crippen molar-refractivity contribution in [3.63, 3.8) is 0 Å². The van der Waals surface area contributed by atoms with Gasteiger partial charge in [-0.25, -0.2) is 4.98 Å². The number of rotatable bonds is 5. The zero-order valence-corrected chi connectivity index (χ0v) is 19.1. The Bertz CT molecular complexity index is 1450. The van der Waals surface area contributed by atoms with E-state index in [9.17, 15) is 4.79 Å². The average Bonchev–Trinajstić information content (AvgIpc) is 3.43. The molecule has 0 unspecified atom stereocenters. The van der Waals surface area contributed by atoms with E-state index in [0.29, 0.717) is 22.8 Å². The molecular formula is C23H21N5OS2. The molecule has 0 aliphatic carbocycles. The number of thiazole rings is 1. The maximum absolute atomic E-state index is 12.6. The molecule has 0 spiro atoms. The Labute approximate surface area is 187 Å². The molecule has 156 valence electrons. The molecule has 0 amide bonds. The van der Waals surface area contributed by atoms with Gasteiger partial charge in [0.05, 0.1) is 16.6 Å². The zero-order valence-electron chi connectivity index (χ0n) is 17.4. The maximum atomic E-state index is 12.6. The summed E-state index contributed by atoms with van der Waals surface area (Å²) in [5, 5.41) is 13.1. The Hall–Kier alpha value is -2.97. The summed E-state index contributed by atoms with van der Waals surface area (Å²) in [7, 11) is 1.73. The lowest BCUT2D eigenvalue weighted by Gasteiger charge is -2.07. The number of aromatic nitrogens is 5. The number of thioether (sulfide) groups is 1. The van der Waals surface area contributed by atoms with Crippen molar-refractivity contribution < 1.29 is 0 Å². The molecule has 8 heteroatoms. The van der Waals surface area contributed by atoms with Crippen molar-refractivity contribution in [2.45, 2.75) is 30.7 Å². The summed E-state index contributed by atoms with van der Waals surface area (Å²) in [6, 6.07) is 16.2. The van der Waals surface area contributed by atoms with Crippen LogP contribution >= 0.6 is 23.1 Å². The van der Waals surface area contributed by atoms with E-state index in [0.717, 1.165) is 26.9 Å². The summed E-state index contributed by atoms with van der Waals surface area (Å²) >= 11 is 3.22. The van der Waals surface area contributed by atoms with Crippen LogP contribution in [0.5, 0.6) is 0 Å². The van der Waals surface area contributed by atoms with Gasteiger partial charge in [0.25, 0.3) is 5.56 Å². The first-order chi connectivity index (χ1) is 15.0. The number of hydrogen-bond acceptors (Lipinski definition) is 6. The molecule has 0 N–H and O–H groups in total. The SMILES string of the molecule is CC(C)c1ccc(-c2nc(CSc3nnc4n(C)c(=O)c5ccccc5n34)cs2)cc1. The van der Waals surface area contributed by atoms with Crippen LogP contribution in [0, 0.1) is 0 Å². The van der Waals surface area contributed by atoms with E-state index >= 15 is 0 Å². The highest BCUT2D eigenvalue weighted by Gasteiger charge is 2.15. The van der Waals surface area contributed by atoms with E-state index in [1.165, 1.54) is 5.56 Å². The monoisotopic (exact) mass is 447 g/mol. The molecule has 3 heterocycles. The van der Waals surface area contributed by atoms with Crippen molar-refractivity contribution in [1.29, 1.82) is 0 Å². The normalized spacial score (nSPS) is 11.7. The topological polar surface area (TPSA) is 65.1 Å². The van der Waals surface area contributed by atoms with E-state index < -0.39 is 0 Å². The Morgan fingerprint density at radius 2 is 1.84 bits per heavy atom. The number of fused-ring (bicyclic) bond motifs is 3. The molecule has 3 aromatic heterocycles. The van der Waals surface area contributed by atoms with Crippen LogP contribution in [0.2, 0.25) is 0 Å². The van der Waals surface area contributed by atoms with Crippen molar-refractivity contribution >= 4 is 39.8 Å². The van der Waals surface area contributed by atoms with Gasteiger partial charge in [-0.1, -0.05) is 62.0 Å². The molecule has 6 nitrogen and oxygen atoms in total. The lowest BCUT2D eigenvalue weighted by Crippen LogP contribution is -2.20. The van der Waals surface area contributed by atoms with Crippen molar-refractivity contribution in [1.82, 2.24) is 24.1 Å². The molecule has 0 radical (unpaired) electrons. The van der Waals surface area contributed by atoms with Gasteiger partial charge in [0, 0.05) is 23.7 Å².